The number of aliphatic carboxylic acids is 1. The Labute approximate surface area is 538 Å². The lowest BCUT2D eigenvalue weighted by Crippen LogP contribution is -2.62. The first kappa shape index (κ1) is 74.1. The van der Waals surface area contributed by atoms with Gasteiger partial charge in [0, 0.05) is 81.2 Å². The third-order valence-electron chi connectivity index (χ3n) is 14.9. The highest BCUT2D eigenvalue weighted by Crippen LogP contribution is 2.22. The van der Waals surface area contributed by atoms with Crippen LogP contribution < -0.4 is 59.3 Å². The second-order valence-corrected chi connectivity index (χ2v) is 24.1. The third-order valence-corrected chi connectivity index (χ3v) is 14.9. The zero-order chi connectivity index (χ0) is 68.5. The van der Waals surface area contributed by atoms with Crippen LogP contribution in [0.1, 0.15) is 110 Å². The van der Waals surface area contributed by atoms with Gasteiger partial charge in [-0.1, -0.05) is 44.2 Å². The van der Waals surface area contributed by atoms with Crippen LogP contribution in [0.25, 0.3) is 10.9 Å². The first-order chi connectivity index (χ1) is 44.0. The first-order valence-electron chi connectivity index (χ1n) is 30.9. The van der Waals surface area contributed by atoms with Crippen molar-refractivity contribution < 1.29 is 72.8 Å². The number of nitrogens with two attached hydrogens (primary N) is 2. The number of rotatable bonds is 32. The SMILES string of the molecule is CC(=O)O.CCNC(=O)[C@H]1CCCN1C(=O)[C@H](CCCN=C(N)N)NC(=O)[C@H](CC(C)C)NC(=O)[C@@H](COC(C)(C)C)NC(=O)[C@H](Cc1ccc(O)cc1)NC(=O)[C@H](CO)NC(=O)[C@H](Cc1c[nH]c2ccccc12)NC(=O)[C@H](Cc1cnc[nH]1)NC(=O)[C@@H]1CCC(=O)N1. The number of H-pyrrole nitrogens is 2. The van der Waals surface area contributed by atoms with E-state index in [0.29, 0.717) is 47.1 Å². The number of benzene rings is 2. The number of guanidine groups is 1. The number of nitrogens with zero attached hydrogens (tertiary/aromatic N) is 3. The fourth-order valence-corrected chi connectivity index (χ4v) is 10.3. The number of aliphatic hydroxyl groups excluding tert-OH is 1. The lowest BCUT2D eigenvalue weighted by Gasteiger charge is -2.31. The molecule has 4 heterocycles. The summed E-state index contributed by atoms with van der Waals surface area (Å²) < 4.78 is 6.04. The molecule has 4 aromatic rings. The Morgan fingerprint density at radius 2 is 1.33 bits per heavy atom. The minimum Gasteiger partial charge on any atom is -0.508 e. The van der Waals surface area contributed by atoms with Crippen molar-refractivity contribution in [2.45, 2.75) is 173 Å². The molecular formula is C62H90N16O15. The third kappa shape index (κ3) is 24.2. The van der Waals surface area contributed by atoms with Gasteiger partial charge in [-0.05, 0) is 101 Å². The smallest absolute Gasteiger partial charge is 0.300 e. The van der Waals surface area contributed by atoms with Gasteiger partial charge in [-0.3, -0.25) is 57.7 Å². The molecule has 0 bridgehead atoms. The number of imidazole rings is 1. The quantitative estimate of drug-likeness (QED) is 0.0149. The molecule has 31 nitrogen and oxygen atoms in total. The fourth-order valence-electron chi connectivity index (χ4n) is 10.3. The molecule has 31 heteroatoms. The number of nitrogens with one attached hydrogen (secondary N) is 11. The molecule has 2 aliphatic rings. The summed E-state index contributed by atoms with van der Waals surface area (Å²) in [6.07, 6.45) is 5.56. The number of carbonyl (C=O) groups excluding carboxylic acids is 10. The van der Waals surface area contributed by atoms with E-state index in [1.165, 1.54) is 41.7 Å². The highest BCUT2D eigenvalue weighted by molar-refractivity contribution is 5.99. The van der Waals surface area contributed by atoms with Gasteiger partial charge in [0.25, 0.3) is 5.97 Å². The number of likely N-dealkylation sites (tertiary alicyclic amines) is 1. The number of aliphatic hydroxyl groups is 1. The Balaban J connectivity index is 0.00000380. The molecule has 2 aromatic carbocycles. The number of aromatic hydroxyl groups is 1. The van der Waals surface area contributed by atoms with Gasteiger partial charge in [-0.2, -0.15) is 0 Å². The van der Waals surface area contributed by atoms with Crippen LogP contribution in [0.2, 0.25) is 0 Å². The van der Waals surface area contributed by atoms with Gasteiger partial charge in [0.2, 0.25) is 59.1 Å². The van der Waals surface area contributed by atoms with Crippen LogP contribution in [0.4, 0.5) is 0 Å². The summed E-state index contributed by atoms with van der Waals surface area (Å²) >= 11 is 0. The van der Waals surface area contributed by atoms with Gasteiger partial charge in [-0.25, -0.2) is 4.98 Å². The maximum atomic E-state index is 14.8. The maximum absolute atomic E-state index is 14.8. The molecule has 2 fully saturated rings. The average molecular weight is 1300 g/mol. The zero-order valence-electron chi connectivity index (χ0n) is 53.5. The first-order valence-corrected chi connectivity index (χ1v) is 30.9. The van der Waals surface area contributed by atoms with Gasteiger partial charge in [-0.15, -0.1) is 0 Å². The summed E-state index contributed by atoms with van der Waals surface area (Å²) in [5, 5.41) is 53.2. The van der Waals surface area contributed by atoms with E-state index >= 15 is 0 Å². The number of hydrogen-bond acceptors (Lipinski definition) is 16. The van der Waals surface area contributed by atoms with E-state index in [-0.39, 0.29) is 93.9 Å². The molecule has 2 aliphatic heterocycles. The minimum absolute atomic E-state index is 0.0578. The summed E-state index contributed by atoms with van der Waals surface area (Å²) in [4.78, 5) is 165. The van der Waals surface area contributed by atoms with Crippen molar-refractivity contribution in [3.8, 4) is 5.75 Å². The lowest BCUT2D eigenvalue weighted by molar-refractivity contribution is -0.142. The molecule has 0 aliphatic carbocycles. The molecule has 2 aromatic heterocycles. The van der Waals surface area contributed by atoms with E-state index in [9.17, 15) is 58.2 Å². The fraction of sp³-hybridized carbons (Fsp3) is 0.532. The number of carbonyl (C=O) groups is 11. The normalized spacial score (nSPS) is 16.7. The van der Waals surface area contributed by atoms with E-state index in [0.717, 1.165) is 6.92 Å². The van der Waals surface area contributed by atoms with E-state index in [2.05, 4.69) is 67.8 Å². The number of likely N-dealkylation sites (N-methyl/N-ethyl adjacent to an activating group) is 1. The number of hydrogen-bond donors (Lipinski definition) is 16. The predicted molar refractivity (Wildman–Crippen MR) is 340 cm³/mol. The summed E-state index contributed by atoms with van der Waals surface area (Å²) in [5.41, 5.74) is 12.4. The Bertz CT molecular complexity index is 3230. The monoisotopic (exact) mass is 1300 g/mol. The molecule has 93 heavy (non-hydrogen) atoms. The summed E-state index contributed by atoms with van der Waals surface area (Å²) in [6, 6.07) is 1.02. The number of fused-ring (bicyclic) bond motifs is 1. The van der Waals surface area contributed by atoms with Crippen LogP contribution in [0.3, 0.4) is 0 Å². The number of phenols is 1. The van der Waals surface area contributed by atoms with E-state index < -0.39 is 126 Å². The molecule has 6 rings (SSSR count). The average Bonchev–Trinajstić information content (AvgIpc) is 1.78. The van der Waals surface area contributed by atoms with Gasteiger partial charge >= 0.3 is 0 Å². The number of carboxylic acid groups (broad SMARTS) is 1. The number of aliphatic imine (C=N–C) groups is 1. The van der Waals surface area contributed by atoms with Gasteiger partial charge in [0.1, 0.15) is 60.1 Å². The van der Waals surface area contributed by atoms with Crippen molar-refractivity contribution in [2.75, 3.05) is 32.8 Å². The van der Waals surface area contributed by atoms with E-state index in [1.54, 1.807) is 58.2 Å². The van der Waals surface area contributed by atoms with Crippen LogP contribution >= 0.6 is 0 Å². The summed E-state index contributed by atoms with van der Waals surface area (Å²) in [5.74, 6) is -8.56. The number of amides is 10. The number of para-hydroxylation sites is 1. The Hall–Kier alpha value is -9.65. The second-order valence-electron chi connectivity index (χ2n) is 24.1. The van der Waals surface area contributed by atoms with Gasteiger partial charge in [0.05, 0.1) is 25.1 Å². The van der Waals surface area contributed by atoms with Crippen LogP contribution in [0, 0.1) is 5.92 Å². The van der Waals surface area contributed by atoms with Crippen LogP contribution in [0.5, 0.6) is 5.75 Å². The number of carboxylic acids is 1. The van der Waals surface area contributed by atoms with E-state index in [1.807, 2.05) is 13.8 Å². The number of ether oxygens (including phenoxy) is 1. The Kier molecular flexibility index (Phi) is 28.5. The van der Waals surface area contributed by atoms with Crippen LogP contribution in [-0.4, -0.2) is 199 Å². The van der Waals surface area contributed by atoms with Crippen molar-refractivity contribution in [2.24, 2.45) is 22.4 Å². The standard InChI is InChI=1S/C60H86N16O13.C2H4O2/c1-7-64-57(87)48-15-11-23-76(48)58(88)41(14-10-22-65-59(61)62)69-51(81)42(24-33(2)3)70-56(86)47(31-89-60(4,5)6)75-52(82)43(25-34-16-18-37(78)19-17-34)71-55(85)46(30-77)74-53(83)44(26-35-28-66-39-13-9-8-12-38(35)39)72-54(84)45(27-36-29-63-32-67-36)73-50(80)40-20-21-49(79)68-40;1-2(3)4/h8-9,12-13,16-19,28-29,32-33,40-48,66,77-78H,7,10-11,14-15,20-27,30-31H2,1-6H3,(H,63,67)(H,64,87)(H,68,79)(H,69,81)(H,70,86)(H,71,85)(H,72,84)(H,73,80)(H,74,83)(H,75,82)(H4,61,62,65);1H3,(H,3,4)/t40-,41-,42-,43-,44-,45-,46-,47+,48+;/m0./s1. The van der Waals surface area contributed by atoms with Gasteiger partial charge < -0.3 is 94.2 Å². The van der Waals surface area contributed by atoms with Gasteiger partial charge in [0.15, 0.2) is 5.96 Å². The molecular weight excluding hydrogens is 1210 g/mol. The largest absolute Gasteiger partial charge is 0.508 e. The van der Waals surface area contributed by atoms with Crippen molar-refractivity contribution in [1.82, 2.24) is 67.7 Å². The van der Waals surface area contributed by atoms with Crippen LogP contribution in [-0.2, 0) is 76.7 Å². The number of aromatic nitrogens is 3. The molecule has 0 saturated carbocycles. The molecule has 0 radical (unpaired) electrons. The van der Waals surface area contributed by atoms with Crippen LogP contribution in [0.15, 0.2) is 72.2 Å². The van der Waals surface area contributed by atoms with Crippen molar-refractivity contribution in [3.63, 3.8) is 0 Å². The molecule has 508 valence electrons. The summed E-state index contributed by atoms with van der Waals surface area (Å²) in [6.45, 7) is 10.9. The predicted octanol–water partition coefficient (Wildman–Crippen LogP) is -1.58. The molecule has 18 N–H and O–H groups in total. The molecule has 2 saturated heterocycles. The topological polar surface area (TPSA) is 478 Å². The Morgan fingerprint density at radius 1 is 0.753 bits per heavy atom. The minimum atomic E-state index is -1.78. The van der Waals surface area contributed by atoms with Crippen molar-refractivity contribution >= 4 is 81.9 Å². The maximum Gasteiger partial charge on any atom is 0.300 e. The van der Waals surface area contributed by atoms with E-state index in [4.69, 9.17) is 26.1 Å². The zero-order valence-corrected chi connectivity index (χ0v) is 53.5. The molecule has 0 spiro atoms. The van der Waals surface area contributed by atoms with Crippen molar-refractivity contribution in [1.29, 1.82) is 0 Å². The molecule has 0 unspecified atom stereocenters. The number of aromatic amines is 2. The number of phenolic OH excluding ortho intramolecular Hbond substituents is 1. The highest BCUT2D eigenvalue weighted by Gasteiger charge is 2.40. The molecule has 9 atom stereocenters. The summed E-state index contributed by atoms with van der Waals surface area (Å²) in [7, 11) is 0. The Morgan fingerprint density at radius 3 is 1.92 bits per heavy atom. The highest BCUT2D eigenvalue weighted by atomic mass is 16.5. The molecule has 10 amide bonds. The van der Waals surface area contributed by atoms with Crippen molar-refractivity contribution in [3.05, 3.63) is 84.1 Å². The second kappa shape index (κ2) is 35.8. The lowest BCUT2D eigenvalue weighted by atomic mass is 10.0.